The third kappa shape index (κ3) is 2.45. The van der Waals surface area contributed by atoms with E-state index in [1.54, 1.807) is 24.3 Å². The fourth-order valence-electron chi connectivity index (χ4n) is 1.97. The molecule has 3 rings (SSSR count). The van der Waals surface area contributed by atoms with E-state index >= 15 is 0 Å². The first-order valence-electron chi connectivity index (χ1n) is 6.06. The number of rotatable bonds is 3. The van der Waals surface area contributed by atoms with Crippen LogP contribution in [0.15, 0.2) is 36.4 Å². The summed E-state index contributed by atoms with van der Waals surface area (Å²) in [5, 5.41) is 9.49. The molecule has 21 heavy (non-hydrogen) atoms. The van der Waals surface area contributed by atoms with E-state index in [9.17, 15) is 9.18 Å². The maximum absolute atomic E-state index is 14.1. The van der Waals surface area contributed by atoms with Crippen molar-refractivity contribution >= 4 is 27.5 Å². The second-order valence-corrected chi connectivity index (χ2v) is 5.38. The van der Waals surface area contributed by atoms with Crippen molar-refractivity contribution in [3.8, 4) is 16.3 Å². The summed E-state index contributed by atoms with van der Waals surface area (Å²) in [5.74, 6) is -0.986. The highest BCUT2D eigenvalue weighted by Gasteiger charge is 2.13. The van der Waals surface area contributed by atoms with Gasteiger partial charge in [0.05, 0.1) is 22.9 Å². The Labute approximate surface area is 123 Å². The van der Waals surface area contributed by atoms with Gasteiger partial charge in [-0.1, -0.05) is 0 Å². The number of fused-ring (bicyclic) bond motifs is 1. The molecule has 1 heterocycles. The average molecular weight is 303 g/mol. The molecular weight excluding hydrogens is 293 g/mol. The maximum Gasteiger partial charge on any atom is 0.335 e. The van der Waals surface area contributed by atoms with E-state index in [0.29, 0.717) is 26.5 Å². The molecule has 106 valence electrons. The smallest absolute Gasteiger partial charge is 0.335 e. The zero-order valence-electron chi connectivity index (χ0n) is 11.0. The lowest BCUT2D eigenvalue weighted by atomic mass is 10.2. The Balaban J connectivity index is 2.10. The van der Waals surface area contributed by atoms with Crippen molar-refractivity contribution in [3.05, 3.63) is 47.8 Å². The monoisotopic (exact) mass is 303 g/mol. The molecule has 0 unspecified atom stereocenters. The van der Waals surface area contributed by atoms with Gasteiger partial charge in [0.25, 0.3) is 0 Å². The molecule has 0 fully saturated rings. The molecule has 6 heteroatoms. The molecule has 0 radical (unpaired) electrons. The van der Waals surface area contributed by atoms with Crippen molar-refractivity contribution in [2.75, 3.05) is 7.11 Å². The third-order valence-corrected chi connectivity index (χ3v) is 4.09. The van der Waals surface area contributed by atoms with E-state index in [4.69, 9.17) is 9.84 Å². The van der Waals surface area contributed by atoms with Gasteiger partial charge in [0.15, 0.2) is 0 Å². The lowest BCUT2D eigenvalue weighted by Crippen LogP contribution is -1.94. The molecule has 0 bridgehead atoms. The van der Waals surface area contributed by atoms with Gasteiger partial charge in [-0.25, -0.2) is 14.2 Å². The Hall–Kier alpha value is -2.47. The van der Waals surface area contributed by atoms with Gasteiger partial charge < -0.3 is 9.84 Å². The Bertz CT molecular complexity index is 844. The van der Waals surface area contributed by atoms with Crippen molar-refractivity contribution in [1.29, 1.82) is 0 Å². The number of methoxy groups -OCH3 is 1. The zero-order valence-corrected chi connectivity index (χ0v) is 11.8. The maximum atomic E-state index is 14.1. The average Bonchev–Trinajstić information content (AvgIpc) is 2.89. The number of benzene rings is 2. The van der Waals surface area contributed by atoms with Gasteiger partial charge in [0.2, 0.25) is 0 Å². The quantitative estimate of drug-likeness (QED) is 0.799. The predicted molar refractivity (Wildman–Crippen MR) is 78.5 cm³/mol. The fourth-order valence-corrected chi connectivity index (χ4v) is 3.00. The normalized spacial score (nSPS) is 10.8. The molecule has 3 aromatic rings. The summed E-state index contributed by atoms with van der Waals surface area (Å²) >= 11 is 1.25. The van der Waals surface area contributed by atoms with Crippen LogP contribution in [0.3, 0.4) is 0 Å². The van der Waals surface area contributed by atoms with E-state index in [0.717, 1.165) is 0 Å². The molecule has 2 aromatic carbocycles. The second kappa shape index (κ2) is 5.14. The van der Waals surface area contributed by atoms with Crippen LogP contribution in [0.2, 0.25) is 0 Å². The first kappa shape index (κ1) is 13.5. The van der Waals surface area contributed by atoms with Gasteiger partial charge in [-0.05, 0) is 30.3 Å². The highest BCUT2D eigenvalue weighted by atomic mass is 32.1. The number of nitrogens with zero attached hydrogens (tertiary/aromatic N) is 1. The summed E-state index contributed by atoms with van der Waals surface area (Å²) in [6.45, 7) is 0. The fraction of sp³-hybridized carbons (Fsp3) is 0.0667. The molecular formula is C15H10FNO3S. The van der Waals surface area contributed by atoms with Crippen LogP contribution >= 0.6 is 11.3 Å². The number of thiazole rings is 1. The van der Waals surface area contributed by atoms with Crippen LogP contribution in [0.5, 0.6) is 5.75 Å². The van der Waals surface area contributed by atoms with Crippen molar-refractivity contribution in [3.63, 3.8) is 0 Å². The van der Waals surface area contributed by atoms with Gasteiger partial charge >= 0.3 is 5.97 Å². The number of carbonyl (C=O) groups is 1. The van der Waals surface area contributed by atoms with Crippen LogP contribution in [0.4, 0.5) is 4.39 Å². The van der Waals surface area contributed by atoms with Gasteiger partial charge in [0.1, 0.15) is 16.6 Å². The Morgan fingerprint density at radius 2 is 2.10 bits per heavy atom. The number of aromatic nitrogens is 1. The van der Waals surface area contributed by atoms with Crippen LogP contribution in [0.1, 0.15) is 10.4 Å². The molecule has 1 aromatic heterocycles. The summed E-state index contributed by atoms with van der Waals surface area (Å²) in [4.78, 5) is 15.3. The van der Waals surface area contributed by atoms with Gasteiger partial charge in [0, 0.05) is 11.6 Å². The summed E-state index contributed by atoms with van der Waals surface area (Å²) in [5.41, 5.74) is 1.21. The van der Waals surface area contributed by atoms with Gasteiger partial charge in [-0.3, -0.25) is 0 Å². The minimum atomic E-state index is -0.998. The number of aromatic carboxylic acids is 1. The molecule has 0 saturated heterocycles. The lowest BCUT2D eigenvalue weighted by molar-refractivity contribution is 0.0697. The number of ether oxygens (including phenoxy) is 1. The van der Waals surface area contributed by atoms with Crippen molar-refractivity contribution in [2.45, 2.75) is 0 Å². The molecule has 0 aliphatic rings. The van der Waals surface area contributed by atoms with Crippen LogP contribution in [-0.4, -0.2) is 23.2 Å². The third-order valence-electron chi connectivity index (χ3n) is 3.04. The van der Waals surface area contributed by atoms with Crippen LogP contribution < -0.4 is 4.74 Å². The molecule has 0 aliphatic heterocycles. The van der Waals surface area contributed by atoms with E-state index in [1.807, 2.05) is 0 Å². The van der Waals surface area contributed by atoms with E-state index in [1.165, 1.54) is 30.6 Å². The molecule has 4 nitrogen and oxygen atoms in total. The predicted octanol–water partition coefficient (Wildman–Crippen LogP) is 3.81. The summed E-state index contributed by atoms with van der Waals surface area (Å²) in [6.07, 6.45) is 0. The van der Waals surface area contributed by atoms with E-state index in [-0.39, 0.29) is 5.56 Å². The van der Waals surface area contributed by atoms with Gasteiger partial charge in [-0.2, -0.15) is 0 Å². The number of hydrogen-bond acceptors (Lipinski definition) is 4. The second-order valence-electron chi connectivity index (χ2n) is 4.35. The molecule has 0 amide bonds. The zero-order chi connectivity index (χ0) is 15.0. The minimum Gasteiger partial charge on any atom is -0.497 e. The van der Waals surface area contributed by atoms with Crippen molar-refractivity contribution in [1.82, 2.24) is 4.98 Å². The van der Waals surface area contributed by atoms with Crippen molar-refractivity contribution in [2.24, 2.45) is 0 Å². The van der Waals surface area contributed by atoms with E-state index in [2.05, 4.69) is 4.98 Å². The number of carboxylic acids is 1. The Morgan fingerprint density at radius 1 is 1.29 bits per heavy atom. The van der Waals surface area contributed by atoms with Gasteiger partial charge in [-0.15, -0.1) is 11.3 Å². The highest BCUT2D eigenvalue weighted by molar-refractivity contribution is 7.21. The van der Waals surface area contributed by atoms with Crippen LogP contribution in [0.25, 0.3) is 20.8 Å². The number of halogens is 1. The first-order chi connectivity index (χ1) is 10.1. The van der Waals surface area contributed by atoms with Crippen LogP contribution in [-0.2, 0) is 0 Å². The summed E-state index contributed by atoms with van der Waals surface area (Å²) in [7, 11) is 1.47. The molecule has 0 atom stereocenters. The largest absolute Gasteiger partial charge is 0.497 e. The number of carboxylic acid groups (broad SMARTS) is 1. The lowest BCUT2D eigenvalue weighted by Gasteiger charge is -2.02. The summed E-state index contributed by atoms with van der Waals surface area (Å²) in [6, 6.07) is 9.21. The molecule has 0 aliphatic carbocycles. The van der Waals surface area contributed by atoms with E-state index < -0.39 is 11.8 Å². The molecule has 0 saturated carbocycles. The van der Waals surface area contributed by atoms with Crippen molar-refractivity contribution < 1.29 is 19.0 Å². The highest BCUT2D eigenvalue weighted by Crippen LogP contribution is 2.33. The number of hydrogen-bond donors (Lipinski definition) is 1. The first-order valence-corrected chi connectivity index (χ1v) is 6.88. The molecule has 0 spiro atoms. The minimum absolute atomic E-state index is 0.188. The Morgan fingerprint density at radius 3 is 2.76 bits per heavy atom. The molecule has 1 N–H and O–H groups in total. The SMILES string of the molecule is COc1ccc(-c2nc3ccc(C(=O)O)cc3s2)c(F)c1. The topological polar surface area (TPSA) is 59.4 Å². The van der Waals surface area contributed by atoms with Crippen LogP contribution in [0, 0.1) is 5.82 Å². The summed E-state index contributed by atoms with van der Waals surface area (Å²) < 4.78 is 19.7. The Kier molecular flexibility index (Phi) is 3.31. The standard InChI is InChI=1S/C15H10FNO3S/c1-20-9-3-4-10(11(16)7-9)14-17-12-5-2-8(15(18)19)6-13(12)21-14/h2-7H,1H3,(H,18,19).